The van der Waals surface area contributed by atoms with Crippen LogP contribution in [0.1, 0.15) is 15.9 Å². The van der Waals surface area contributed by atoms with Crippen molar-refractivity contribution in [3.63, 3.8) is 0 Å². The first-order valence-electron chi connectivity index (χ1n) is 7.83. The molecule has 0 saturated heterocycles. The van der Waals surface area contributed by atoms with Gasteiger partial charge in [-0.05, 0) is 23.8 Å². The number of amides is 1. The highest BCUT2D eigenvalue weighted by atomic mass is 35.5. The number of halogens is 1. The molecular weight excluding hydrogens is 406 g/mol. The number of nitrogens with zero attached hydrogens (tertiary/aromatic N) is 2. The van der Waals surface area contributed by atoms with E-state index in [1.54, 1.807) is 18.2 Å². The monoisotopic (exact) mass is 421 g/mol. The third-order valence-corrected chi connectivity index (χ3v) is 5.94. The molecule has 0 radical (unpaired) electrons. The van der Waals surface area contributed by atoms with Crippen molar-refractivity contribution >= 4 is 45.7 Å². The van der Waals surface area contributed by atoms with Gasteiger partial charge in [0.25, 0.3) is 5.91 Å². The predicted molar refractivity (Wildman–Crippen MR) is 108 cm³/mol. The van der Waals surface area contributed by atoms with Crippen molar-refractivity contribution in [2.45, 2.75) is 10.1 Å². The van der Waals surface area contributed by atoms with Crippen LogP contribution in [-0.4, -0.2) is 30.3 Å². The molecule has 2 aromatic carbocycles. The number of benzene rings is 2. The van der Waals surface area contributed by atoms with Gasteiger partial charge in [0, 0.05) is 22.4 Å². The average Bonchev–Trinajstić information content (AvgIpc) is 3.14. The summed E-state index contributed by atoms with van der Waals surface area (Å²) in [7, 11) is 3.06. The summed E-state index contributed by atoms with van der Waals surface area (Å²) in [4.78, 5) is 12.5. The van der Waals surface area contributed by atoms with E-state index in [2.05, 4.69) is 15.5 Å². The van der Waals surface area contributed by atoms with Crippen LogP contribution < -0.4 is 14.8 Å². The van der Waals surface area contributed by atoms with Gasteiger partial charge < -0.3 is 9.47 Å². The van der Waals surface area contributed by atoms with Crippen molar-refractivity contribution < 1.29 is 14.3 Å². The summed E-state index contributed by atoms with van der Waals surface area (Å²) < 4.78 is 11.1. The number of aromatic nitrogens is 2. The fraction of sp³-hybridized carbons (Fsp3) is 0.167. The quantitative estimate of drug-likeness (QED) is 0.438. The molecule has 0 atom stereocenters. The van der Waals surface area contributed by atoms with E-state index in [0.717, 1.165) is 14.9 Å². The highest BCUT2D eigenvalue weighted by Crippen LogP contribution is 2.31. The van der Waals surface area contributed by atoms with Crippen LogP contribution in [0.3, 0.4) is 0 Å². The lowest BCUT2D eigenvalue weighted by Crippen LogP contribution is -2.12. The number of carbonyl (C=O) groups is 1. The van der Waals surface area contributed by atoms with Gasteiger partial charge in [0.15, 0.2) is 4.34 Å². The summed E-state index contributed by atoms with van der Waals surface area (Å²) >= 11 is 8.98. The minimum Gasteiger partial charge on any atom is -0.497 e. The third kappa shape index (κ3) is 5.12. The Hall–Kier alpha value is -2.29. The molecule has 0 bridgehead atoms. The Morgan fingerprint density at radius 1 is 1.15 bits per heavy atom. The van der Waals surface area contributed by atoms with Crippen LogP contribution in [0.2, 0.25) is 5.02 Å². The molecule has 1 N–H and O–H groups in total. The SMILES string of the molecule is COc1cc(OC)cc(C(=O)Nc2nnc(SCc3ccccc3Cl)s2)c1. The van der Waals surface area contributed by atoms with Gasteiger partial charge in [0.1, 0.15) is 11.5 Å². The Morgan fingerprint density at radius 3 is 2.52 bits per heavy atom. The highest BCUT2D eigenvalue weighted by molar-refractivity contribution is 8.00. The van der Waals surface area contributed by atoms with Crippen LogP contribution in [0.15, 0.2) is 46.8 Å². The van der Waals surface area contributed by atoms with Crippen LogP contribution >= 0.6 is 34.7 Å². The molecule has 9 heteroatoms. The van der Waals surface area contributed by atoms with E-state index >= 15 is 0 Å². The molecule has 3 rings (SSSR count). The van der Waals surface area contributed by atoms with Gasteiger partial charge in [0.2, 0.25) is 5.13 Å². The summed E-state index contributed by atoms with van der Waals surface area (Å²) in [6, 6.07) is 12.6. The van der Waals surface area contributed by atoms with Crippen LogP contribution in [0, 0.1) is 0 Å². The number of ether oxygens (including phenoxy) is 2. The van der Waals surface area contributed by atoms with Crippen molar-refractivity contribution in [2.75, 3.05) is 19.5 Å². The molecule has 0 saturated carbocycles. The maximum absolute atomic E-state index is 12.5. The first-order valence-corrected chi connectivity index (χ1v) is 10.0. The molecule has 3 aromatic rings. The van der Waals surface area contributed by atoms with Crippen LogP contribution in [0.4, 0.5) is 5.13 Å². The number of carbonyl (C=O) groups excluding carboxylic acids is 1. The fourth-order valence-electron chi connectivity index (χ4n) is 2.18. The second-order valence-electron chi connectivity index (χ2n) is 5.31. The minimum atomic E-state index is -0.314. The number of hydrogen-bond donors (Lipinski definition) is 1. The Balaban J connectivity index is 1.65. The van der Waals surface area contributed by atoms with E-state index in [4.69, 9.17) is 21.1 Å². The molecule has 1 aromatic heterocycles. The lowest BCUT2D eigenvalue weighted by molar-refractivity contribution is 0.102. The van der Waals surface area contributed by atoms with Gasteiger partial charge >= 0.3 is 0 Å². The van der Waals surface area contributed by atoms with Gasteiger partial charge in [-0.1, -0.05) is 52.9 Å². The molecule has 6 nitrogen and oxygen atoms in total. The highest BCUT2D eigenvalue weighted by Gasteiger charge is 2.13. The van der Waals surface area contributed by atoms with Crippen LogP contribution in [-0.2, 0) is 5.75 Å². The molecule has 1 amide bonds. The van der Waals surface area contributed by atoms with E-state index < -0.39 is 0 Å². The summed E-state index contributed by atoms with van der Waals surface area (Å²) in [5.41, 5.74) is 1.43. The van der Waals surface area contributed by atoms with Gasteiger partial charge in [-0.25, -0.2) is 0 Å². The molecule has 0 aliphatic rings. The normalized spacial score (nSPS) is 10.5. The van der Waals surface area contributed by atoms with E-state index in [0.29, 0.717) is 27.9 Å². The molecule has 0 unspecified atom stereocenters. The van der Waals surface area contributed by atoms with E-state index in [-0.39, 0.29) is 5.91 Å². The summed E-state index contributed by atoms with van der Waals surface area (Å²) in [5.74, 6) is 1.43. The largest absolute Gasteiger partial charge is 0.497 e. The van der Waals surface area contributed by atoms with Gasteiger partial charge in [-0.15, -0.1) is 10.2 Å². The second-order valence-corrected chi connectivity index (χ2v) is 7.92. The standard InChI is InChI=1S/C18H16ClN3O3S2/c1-24-13-7-12(8-14(9-13)25-2)16(23)20-17-21-22-18(27-17)26-10-11-5-3-4-6-15(11)19/h3-9H,10H2,1-2H3,(H,20,21,23). The molecule has 1 heterocycles. The second kappa shape index (κ2) is 9.07. The molecular formula is C18H16ClN3O3S2. The Morgan fingerprint density at radius 2 is 1.85 bits per heavy atom. The van der Waals surface area contributed by atoms with Crippen molar-refractivity contribution in [1.29, 1.82) is 0 Å². The number of thioether (sulfide) groups is 1. The summed E-state index contributed by atoms with van der Waals surface area (Å²) in [5, 5.41) is 12.0. The first-order chi connectivity index (χ1) is 13.1. The number of rotatable bonds is 7. The van der Waals surface area contributed by atoms with E-state index in [1.165, 1.54) is 37.3 Å². The molecule has 0 aliphatic heterocycles. The molecule has 140 valence electrons. The summed E-state index contributed by atoms with van der Waals surface area (Å²) in [6.07, 6.45) is 0. The van der Waals surface area contributed by atoms with Crippen molar-refractivity contribution in [3.05, 3.63) is 58.6 Å². The molecule has 0 fully saturated rings. The number of anilines is 1. The molecule has 27 heavy (non-hydrogen) atoms. The van der Waals surface area contributed by atoms with Crippen LogP contribution in [0.25, 0.3) is 0 Å². The maximum atomic E-state index is 12.5. The Labute approximate surface area is 169 Å². The Kier molecular flexibility index (Phi) is 6.54. The molecule has 0 spiro atoms. The zero-order chi connectivity index (χ0) is 19.2. The zero-order valence-electron chi connectivity index (χ0n) is 14.6. The van der Waals surface area contributed by atoms with E-state index in [9.17, 15) is 4.79 Å². The summed E-state index contributed by atoms with van der Waals surface area (Å²) in [6.45, 7) is 0. The first kappa shape index (κ1) is 19.5. The smallest absolute Gasteiger partial charge is 0.257 e. The Bertz CT molecular complexity index is 927. The zero-order valence-corrected chi connectivity index (χ0v) is 17.0. The topological polar surface area (TPSA) is 73.3 Å². The lowest BCUT2D eigenvalue weighted by Gasteiger charge is -2.07. The van der Waals surface area contributed by atoms with Crippen molar-refractivity contribution in [1.82, 2.24) is 10.2 Å². The van der Waals surface area contributed by atoms with Gasteiger partial charge in [0.05, 0.1) is 14.2 Å². The van der Waals surface area contributed by atoms with Crippen molar-refractivity contribution in [3.8, 4) is 11.5 Å². The number of methoxy groups -OCH3 is 2. The van der Waals surface area contributed by atoms with Gasteiger partial charge in [-0.3, -0.25) is 10.1 Å². The van der Waals surface area contributed by atoms with E-state index in [1.807, 2.05) is 24.3 Å². The van der Waals surface area contributed by atoms with Gasteiger partial charge in [-0.2, -0.15) is 0 Å². The average molecular weight is 422 g/mol. The molecule has 0 aliphatic carbocycles. The fourth-order valence-corrected chi connectivity index (χ4v) is 4.21. The number of hydrogen-bond acceptors (Lipinski definition) is 7. The maximum Gasteiger partial charge on any atom is 0.257 e. The number of nitrogens with one attached hydrogen (secondary N) is 1. The van der Waals surface area contributed by atoms with Crippen LogP contribution in [0.5, 0.6) is 11.5 Å². The predicted octanol–water partition coefficient (Wildman–Crippen LogP) is 4.75. The lowest BCUT2D eigenvalue weighted by atomic mass is 10.2. The minimum absolute atomic E-state index is 0.314. The van der Waals surface area contributed by atoms with Crippen molar-refractivity contribution in [2.24, 2.45) is 0 Å². The third-order valence-electron chi connectivity index (χ3n) is 3.55.